The Kier molecular flexibility index (Phi) is 5.38. The fourth-order valence-corrected chi connectivity index (χ4v) is 3.03. The molecule has 0 aliphatic carbocycles. The fraction of sp³-hybridized carbons (Fsp3) is 0.400. The second-order valence-electron chi connectivity index (χ2n) is 4.38. The zero-order valence-corrected chi connectivity index (χ0v) is 12.9. The molecule has 1 N–H and O–H groups in total. The number of rotatable bonds is 7. The summed E-state index contributed by atoms with van der Waals surface area (Å²) in [5.74, 6) is 1.70. The number of hydrogen-bond acceptors (Lipinski definition) is 5. The van der Waals surface area contributed by atoms with Crippen LogP contribution in [0.4, 0.5) is 0 Å². The van der Waals surface area contributed by atoms with E-state index in [0.29, 0.717) is 6.61 Å². The Labute approximate surface area is 123 Å². The third kappa shape index (κ3) is 3.29. The van der Waals surface area contributed by atoms with E-state index in [1.165, 1.54) is 0 Å². The Morgan fingerprint density at radius 2 is 2.25 bits per heavy atom. The van der Waals surface area contributed by atoms with Gasteiger partial charge in [0.2, 0.25) is 0 Å². The van der Waals surface area contributed by atoms with Gasteiger partial charge in [0.15, 0.2) is 0 Å². The summed E-state index contributed by atoms with van der Waals surface area (Å²) in [5, 5.41) is 5.34. The van der Waals surface area contributed by atoms with E-state index in [-0.39, 0.29) is 6.04 Å². The molecule has 1 atom stereocenters. The summed E-state index contributed by atoms with van der Waals surface area (Å²) in [7, 11) is 3.63. The highest BCUT2D eigenvalue weighted by Gasteiger charge is 2.18. The molecule has 108 valence electrons. The van der Waals surface area contributed by atoms with Crippen LogP contribution >= 0.6 is 11.3 Å². The first kappa shape index (κ1) is 14.8. The van der Waals surface area contributed by atoms with Crippen LogP contribution in [-0.4, -0.2) is 25.7 Å². The van der Waals surface area contributed by atoms with E-state index < -0.39 is 0 Å². The Morgan fingerprint density at radius 1 is 1.40 bits per heavy atom. The van der Waals surface area contributed by atoms with Gasteiger partial charge in [-0.05, 0) is 36.5 Å². The molecule has 1 unspecified atom stereocenters. The number of hydrogen-bond donors (Lipinski definition) is 1. The van der Waals surface area contributed by atoms with Crippen molar-refractivity contribution >= 4 is 11.3 Å². The van der Waals surface area contributed by atoms with E-state index in [9.17, 15) is 0 Å². The van der Waals surface area contributed by atoms with Crippen LogP contribution in [0.3, 0.4) is 0 Å². The molecule has 2 heterocycles. The van der Waals surface area contributed by atoms with E-state index >= 15 is 0 Å². The molecule has 2 aromatic heterocycles. The van der Waals surface area contributed by atoms with Crippen molar-refractivity contribution in [1.29, 1.82) is 0 Å². The average molecular weight is 292 g/mol. The Hall–Kier alpha value is -1.59. The predicted molar refractivity (Wildman–Crippen MR) is 81.8 cm³/mol. The number of nitrogens with zero attached hydrogens (tertiary/aromatic N) is 1. The van der Waals surface area contributed by atoms with Gasteiger partial charge in [-0.15, -0.1) is 11.3 Å². The molecule has 0 fully saturated rings. The lowest BCUT2D eigenvalue weighted by Crippen LogP contribution is -2.17. The Balaban J connectivity index is 2.27. The second kappa shape index (κ2) is 7.26. The maximum absolute atomic E-state index is 5.65. The molecule has 5 heteroatoms. The molecule has 0 amide bonds. The van der Waals surface area contributed by atoms with Crippen molar-refractivity contribution in [2.75, 3.05) is 20.8 Å². The maximum atomic E-state index is 5.65. The lowest BCUT2D eigenvalue weighted by molar-refractivity contribution is 0.315. The number of nitrogens with one attached hydrogen (secondary N) is 1. The standard InChI is InChI=1S/C15H20N2O2S/c1-4-6-19-12-8-11(9-17-10-12)14(16-2)15-13(18-3)5-7-20-15/h5,7-10,14,16H,4,6H2,1-3H3. The van der Waals surface area contributed by atoms with Crippen molar-refractivity contribution in [3.8, 4) is 11.5 Å². The van der Waals surface area contributed by atoms with Gasteiger partial charge in [-0.3, -0.25) is 4.98 Å². The van der Waals surface area contributed by atoms with Gasteiger partial charge in [-0.25, -0.2) is 0 Å². The van der Waals surface area contributed by atoms with Crippen molar-refractivity contribution in [3.63, 3.8) is 0 Å². The first-order valence-corrected chi connectivity index (χ1v) is 7.54. The van der Waals surface area contributed by atoms with E-state index in [0.717, 1.165) is 28.4 Å². The SMILES string of the molecule is CCCOc1cncc(C(NC)c2sccc2OC)c1. The molecule has 20 heavy (non-hydrogen) atoms. The molecule has 2 aromatic rings. The van der Waals surface area contributed by atoms with Crippen LogP contribution in [0.25, 0.3) is 0 Å². The molecule has 0 aliphatic rings. The normalized spacial score (nSPS) is 12.2. The number of pyridine rings is 1. The van der Waals surface area contributed by atoms with Gasteiger partial charge in [0.25, 0.3) is 0 Å². The summed E-state index contributed by atoms with van der Waals surface area (Å²) < 4.78 is 11.0. The minimum Gasteiger partial charge on any atom is -0.496 e. The third-order valence-corrected chi connectivity index (χ3v) is 3.93. The van der Waals surface area contributed by atoms with Crippen molar-refractivity contribution in [1.82, 2.24) is 10.3 Å². The van der Waals surface area contributed by atoms with E-state index in [4.69, 9.17) is 9.47 Å². The first-order valence-electron chi connectivity index (χ1n) is 6.66. The van der Waals surface area contributed by atoms with Crippen LogP contribution in [0.15, 0.2) is 29.9 Å². The van der Waals surface area contributed by atoms with Crippen molar-refractivity contribution in [2.24, 2.45) is 0 Å². The number of thiophene rings is 1. The smallest absolute Gasteiger partial charge is 0.137 e. The molecule has 0 radical (unpaired) electrons. The molecule has 2 rings (SSSR count). The molecular weight excluding hydrogens is 272 g/mol. The van der Waals surface area contributed by atoms with Gasteiger partial charge < -0.3 is 14.8 Å². The first-order chi connectivity index (χ1) is 9.80. The van der Waals surface area contributed by atoms with Crippen LogP contribution in [0.2, 0.25) is 0 Å². The molecule has 0 aromatic carbocycles. The van der Waals surface area contributed by atoms with Crippen molar-refractivity contribution < 1.29 is 9.47 Å². The van der Waals surface area contributed by atoms with Gasteiger partial charge >= 0.3 is 0 Å². The third-order valence-electron chi connectivity index (χ3n) is 2.97. The monoisotopic (exact) mass is 292 g/mol. The van der Waals surface area contributed by atoms with Crippen LogP contribution in [0, 0.1) is 0 Å². The zero-order chi connectivity index (χ0) is 14.4. The van der Waals surface area contributed by atoms with Gasteiger partial charge in [-0.1, -0.05) is 6.92 Å². The van der Waals surface area contributed by atoms with Crippen LogP contribution < -0.4 is 14.8 Å². The van der Waals surface area contributed by atoms with Crippen LogP contribution in [0.1, 0.15) is 29.8 Å². The lowest BCUT2D eigenvalue weighted by atomic mass is 10.1. The second-order valence-corrected chi connectivity index (χ2v) is 5.33. The minimum absolute atomic E-state index is 0.0580. The fourth-order valence-electron chi connectivity index (χ4n) is 2.03. The Morgan fingerprint density at radius 3 is 2.95 bits per heavy atom. The quantitative estimate of drug-likeness (QED) is 0.850. The topological polar surface area (TPSA) is 43.4 Å². The van der Waals surface area contributed by atoms with Gasteiger partial charge in [0.05, 0.1) is 30.8 Å². The van der Waals surface area contributed by atoms with Crippen LogP contribution in [-0.2, 0) is 0 Å². The van der Waals surface area contributed by atoms with E-state index in [2.05, 4.69) is 17.2 Å². The summed E-state index contributed by atoms with van der Waals surface area (Å²) >= 11 is 1.67. The van der Waals surface area contributed by atoms with Crippen molar-refractivity contribution in [2.45, 2.75) is 19.4 Å². The molecule has 0 saturated heterocycles. The number of aromatic nitrogens is 1. The van der Waals surface area contributed by atoms with Gasteiger partial charge in [-0.2, -0.15) is 0 Å². The number of ether oxygens (including phenoxy) is 2. The summed E-state index contributed by atoms with van der Waals surface area (Å²) in [6.45, 7) is 2.79. The number of methoxy groups -OCH3 is 1. The molecule has 0 spiro atoms. The average Bonchev–Trinajstić information content (AvgIpc) is 2.95. The van der Waals surface area contributed by atoms with Crippen molar-refractivity contribution in [3.05, 3.63) is 40.3 Å². The highest BCUT2D eigenvalue weighted by atomic mass is 32.1. The molecule has 0 aliphatic heterocycles. The zero-order valence-electron chi connectivity index (χ0n) is 12.1. The largest absolute Gasteiger partial charge is 0.496 e. The Bertz CT molecular complexity index is 542. The van der Waals surface area contributed by atoms with E-state index in [1.54, 1.807) is 24.6 Å². The molecule has 0 bridgehead atoms. The lowest BCUT2D eigenvalue weighted by Gasteiger charge is -2.17. The predicted octanol–water partition coefficient (Wildman–Crippen LogP) is 3.25. The molecular formula is C15H20N2O2S. The highest BCUT2D eigenvalue weighted by molar-refractivity contribution is 7.10. The molecule has 4 nitrogen and oxygen atoms in total. The van der Waals surface area contributed by atoms with Gasteiger partial charge in [0.1, 0.15) is 11.5 Å². The summed E-state index contributed by atoms with van der Waals surface area (Å²) in [6, 6.07) is 4.07. The van der Waals surface area contributed by atoms with Gasteiger partial charge in [0, 0.05) is 6.20 Å². The minimum atomic E-state index is 0.0580. The van der Waals surface area contributed by atoms with E-state index in [1.807, 2.05) is 30.8 Å². The summed E-state index contributed by atoms with van der Waals surface area (Å²) in [5.41, 5.74) is 1.07. The highest BCUT2D eigenvalue weighted by Crippen LogP contribution is 2.35. The summed E-state index contributed by atoms with van der Waals surface area (Å²) in [6.07, 6.45) is 4.59. The maximum Gasteiger partial charge on any atom is 0.137 e. The van der Waals surface area contributed by atoms with Crippen LogP contribution in [0.5, 0.6) is 11.5 Å². The molecule has 0 saturated carbocycles. The summed E-state index contributed by atoms with van der Waals surface area (Å²) in [4.78, 5) is 5.41.